The van der Waals surface area contributed by atoms with E-state index in [2.05, 4.69) is 67.4 Å². The Labute approximate surface area is 124 Å². The van der Waals surface area contributed by atoms with Crippen LogP contribution in [-0.2, 0) is 6.42 Å². The van der Waals surface area contributed by atoms with Crippen LogP contribution in [0.1, 0.15) is 30.5 Å². The molecule has 1 N–H and O–H groups in total. The zero-order valence-electron chi connectivity index (χ0n) is 13.4. The first-order chi connectivity index (χ1) is 9.63. The van der Waals surface area contributed by atoms with E-state index in [1.54, 1.807) is 0 Å². The topological polar surface area (TPSA) is 18.5 Å². The van der Waals surface area contributed by atoms with Crippen molar-refractivity contribution in [2.24, 2.45) is 0 Å². The summed E-state index contributed by atoms with van der Waals surface area (Å²) in [6.07, 6.45) is 2.36. The van der Waals surface area contributed by atoms with Crippen LogP contribution in [0.5, 0.6) is 0 Å². The number of hydrogen-bond donors (Lipinski definition) is 1. The predicted octanol–water partition coefficient (Wildman–Crippen LogP) is 2.15. The predicted molar refractivity (Wildman–Crippen MR) is 86.2 cm³/mol. The molecule has 0 aliphatic heterocycles. The Bertz CT molecular complexity index is 416. The first-order valence-electron chi connectivity index (χ1n) is 7.79. The second-order valence-corrected chi connectivity index (χ2v) is 6.19. The van der Waals surface area contributed by atoms with E-state index in [4.69, 9.17) is 0 Å². The molecule has 1 aliphatic carbocycles. The van der Waals surface area contributed by atoms with Crippen molar-refractivity contribution in [2.75, 3.05) is 40.8 Å². The van der Waals surface area contributed by atoms with Crippen LogP contribution in [0.15, 0.2) is 24.3 Å². The van der Waals surface area contributed by atoms with Crippen molar-refractivity contribution in [3.05, 3.63) is 35.4 Å². The lowest BCUT2D eigenvalue weighted by Crippen LogP contribution is -2.43. The van der Waals surface area contributed by atoms with E-state index in [0.29, 0.717) is 12.1 Å². The van der Waals surface area contributed by atoms with Gasteiger partial charge in [-0.25, -0.2) is 0 Å². The molecule has 1 aliphatic rings. The van der Waals surface area contributed by atoms with Crippen molar-refractivity contribution >= 4 is 0 Å². The monoisotopic (exact) mass is 275 g/mol. The van der Waals surface area contributed by atoms with E-state index in [9.17, 15) is 0 Å². The maximum absolute atomic E-state index is 3.75. The van der Waals surface area contributed by atoms with Gasteiger partial charge in [0, 0.05) is 25.2 Å². The van der Waals surface area contributed by atoms with Crippen molar-refractivity contribution < 1.29 is 0 Å². The van der Waals surface area contributed by atoms with Crippen molar-refractivity contribution in [2.45, 2.75) is 31.8 Å². The largest absolute Gasteiger partial charge is 0.309 e. The Morgan fingerprint density at radius 2 is 1.90 bits per heavy atom. The molecule has 1 aromatic carbocycles. The van der Waals surface area contributed by atoms with Gasteiger partial charge < -0.3 is 10.2 Å². The number of hydrogen-bond acceptors (Lipinski definition) is 3. The van der Waals surface area contributed by atoms with Gasteiger partial charge in [-0.3, -0.25) is 4.90 Å². The Kier molecular flexibility index (Phi) is 5.58. The number of fused-ring (bicyclic) bond motifs is 1. The summed E-state index contributed by atoms with van der Waals surface area (Å²) in [5, 5.41) is 3.75. The summed E-state index contributed by atoms with van der Waals surface area (Å²) in [4.78, 5) is 4.78. The van der Waals surface area contributed by atoms with Crippen molar-refractivity contribution in [3.63, 3.8) is 0 Å². The summed E-state index contributed by atoms with van der Waals surface area (Å²) < 4.78 is 0. The third-order valence-corrected chi connectivity index (χ3v) is 4.28. The molecule has 0 bridgehead atoms. The fourth-order valence-corrected chi connectivity index (χ4v) is 3.05. The molecule has 2 unspecified atom stereocenters. The first-order valence-corrected chi connectivity index (χ1v) is 7.79. The fourth-order valence-electron chi connectivity index (χ4n) is 3.05. The zero-order valence-corrected chi connectivity index (χ0v) is 13.4. The smallest absolute Gasteiger partial charge is 0.0484 e. The van der Waals surface area contributed by atoms with Crippen LogP contribution in [0.2, 0.25) is 0 Å². The molecule has 2 rings (SSSR count). The first kappa shape index (κ1) is 15.5. The van der Waals surface area contributed by atoms with Gasteiger partial charge in [-0.15, -0.1) is 0 Å². The van der Waals surface area contributed by atoms with Gasteiger partial charge in [0.05, 0.1) is 0 Å². The second kappa shape index (κ2) is 7.21. The van der Waals surface area contributed by atoms with Crippen molar-refractivity contribution in [1.82, 2.24) is 15.1 Å². The van der Waals surface area contributed by atoms with E-state index in [1.165, 1.54) is 24.0 Å². The summed E-state index contributed by atoms with van der Waals surface area (Å²) in [6.45, 7) is 5.56. The Morgan fingerprint density at radius 3 is 2.60 bits per heavy atom. The van der Waals surface area contributed by atoms with Crippen LogP contribution < -0.4 is 5.32 Å². The van der Waals surface area contributed by atoms with Crippen molar-refractivity contribution in [3.8, 4) is 0 Å². The van der Waals surface area contributed by atoms with Gasteiger partial charge in [-0.05, 0) is 51.7 Å². The quantitative estimate of drug-likeness (QED) is 0.822. The average molecular weight is 275 g/mol. The van der Waals surface area contributed by atoms with Crippen LogP contribution in [0, 0.1) is 0 Å². The molecule has 0 aromatic heterocycles. The van der Waals surface area contributed by atoms with Gasteiger partial charge in [0.25, 0.3) is 0 Å². The van der Waals surface area contributed by atoms with E-state index < -0.39 is 0 Å². The van der Waals surface area contributed by atoms with Crippen LogP contribution >= 0.6 is 0 Å². The molecule has 0 saturated carbocycles. The highest BCUT2D eigenvalue weighted by molar-refractivity contribution is 5.37. The van der Waals surface area contributed by atoms with E-state index >= 15 is 0 Å². The molecular formula is C17H29N3. The zero-order chi connectivity index (χ0) is 14.5. The number of nitrogens with zero attached hydrogens (tertiary/aromatic N) is 2. The number of likely N-dealkylation sites (N-methyl/N-ethyl adjacent to an activating group) is 2. The summed E-state index contributed by atoms with van der Waals surface area (Å²) in [6, 6.07) is 9.98. The third-order valence-electron chi connectivity index (χ3n) is 4.28. The number of benzene rings is 1. The minimum atomic E-state index is 0.485. The number of rotatable bonds is 7. The molecule has 112 valence electrons. The molecule has 0 fully saturated rings. The van der Waals surface area contributed by atoms with Crippen LogP contribution in [0.4, 0.5) is 0 Å². The second-order valence-electron chi connectivity index (χ2n) is 6.19. The van der Waals surface area contributed by atoms with Crippen LogP contribution in [-0.4, -0.2) is 56.6 Å². The highest BCUT2D eigenvalue weighted by Gasteiger charge is 2.33. The van der Waals surface area contributed by atoms with E-state index in [1.807, 2.05) is 0 Å². The Hall–Kier alpha value is -0.900. The lowest BCUT2D eigenvalue weighted by Gasteiger charge is -2.31. The number of nitrogens with one attached hydrogen (secondary N) is 1. The minimum absolute atomic E-state index is 0.485. The standard InChI is InChI=1S/C17H29N3/c1-5-10-18-17-15-9-7-6-8-14(15)13-16(17)20(4)12-11-19(2)3/h6-9,16-18H,5,10-13H2,1-4H3. The molecule has 2 atom stereocenters. The van der Waals surface area contributed by atoms with Crippen LogP contribution in [0.3, 0.4) is 0 Å². The summed E-state index contributed by atoms with van der Waals surface area (Å²) >= 11 is 0. The molecule has 0 heterocycles. The van der Waals surface area contributed by atoms with Gasteiger partial charge in [0.15, 0.2) is 0 Å². The van der Waals surface area contributed by atoms with Crippen LogP contribution in [0.25, 0.3) is 0 Å². The molecule has 3 heteroatoms. The maximum Gasteiger partial charge on any atom is 0.0484 e. The Morgan fingerprint density at radius 1 is 1.15 bits per heavy atom. The third kappa shape index (κ3) is 3.60. The molecule has 3 nitrogen and oxygen atoms in total. The molecular weight excluding hydrogens is 246 g/mol. The fraction of sp³-hybridized carbons (Fsp3) is 0.647. The molecule has 1 aromatic rings. The highest BCUT2D eigenvalue weighted by atomic mass is 15.2. The van der Waals surface area contributed by atoms with Gasteiger partial charge in [0.1, 0.15) is 0 Å². The van der Waals surface area contributed by atoms with E-state index in [-0.39, 0.29) is 0 Å². The Balaban J connectivity index is 2.08. The lowest BCUT2D eigenvalue weighted by molar-refractivity contribution is 0.187. The lowest BCUT2D eigenvalue weighted by atomic mass is 10.1. The molecule has 0 amide bonds. The summed E-state index contributed by atoms with van der Waals surface area (Å²) in [5.74, 6) is 0. The summed E-state index contributed by atoms with van der Waals surface area (Å²) in [7, 11) is 6.55. The van der Waals surface area contributed by atoms with Gasteiger partial charge in [-0.2, -0.15) is 0 Å². The van der Waals surface area contributed by atoms with Gasteiger partial charge in [-0.1, -0.05) is 31.2 Å². The average Bonchev–Trinajstić information content (AvgIpc) is 2.81. The minimum Gasteiger partial charge on any atom is -0.309 e. The summed E-state index contributed by atoms with van der Waals surface area (Å²) in [5.41, 5.74) is 3.02. The molecule has 0 saturated heterocycles. The SMILES string of the molecule is CCCNC1c2ccccc2CC1N(C)CCN(C)C. The normalized spacial score (nSPS) is 21.7. The van der Waals surface area contributed by atoms with Crippen molar-refractivity contribution in [1.29, 1.82) is 0 Å². The molecule has 20 heavy (non-hydrogen) atoms. The molecule has 0 spiro atoms. The van der Waals surface area contributed by atoms with Gasteiger partial charge in [0.2, 0.25) is 0 Å². The van der Waals surface area contributed by atoms with Gasteiger partial charge >= 0.3 is 0 Å². The highest BCUT2D eigenvalue weighted by Crippen LogP contribution is 2.33. The maximum atomic E-state index is 3.75. The van der Waals surface area contributed by atoms with E-state index in [0.717, 1.165) is 19.6 Å². The molecule has 0 radical (unpaired) electrons.